The van der Waals surface area contributed by atoms with E-state index >= 15 is 0 Å². The number of nitrogens with zero attached hydrogens (tertiary/aromatic N) is 2. The third-order valence-corrected chi connectivity index (χ3v) is 14.9. The number of thiophene rings is 2. The minimum atomic E-state index is 0.0441. The van der Waals surface area contributed by atoms with Crippen LogP contribution in [0.1, 0.15) is 128 Å². The van der Waals surface area contributed by atoms with Crippen molar-refractivity contribution in [3.05, 3.63) is 166 Å². The Morgan fingerprint density at radius 2 is 0.453 bits per heavy atom. The largest absolute Gasteiger partial charge is 0.248 e. The quantitative estimate of drug-likeness (QED) is 0.176. The van der Waals surface area contributed by atoms with Crippen molar-refractivity contribution < 1.29 is 0 Å². The summed E-state index contributed by atoms with van der Waals surface area (Å²) >= 11 is 3.64. The van der Waals surface area contributed by atoms with Gasteiger partial charge < -0.3 is 0 Å². The normalized spacial score (nSPS) is 13.2. The molecule has 5 heterocycles. The van der Waals surface area contributed by atoms with E-state index in [1.165, 1.54) is 41.1 Å². The van der Waals surface area contributed by atoms with Crippen molar-refractivity contribution in [2.24, 2.45) is 0 Å². The smallest absolute Gasteiger partial charge is 0.0730 e. The molecule has 4 heteroatoms. The summed E-state index contributed by atoms with van der Waals surface area (Å²) in [7, 11) is 0. The molecule has 64 heavy (non-hydrogen) atoms. The molecule has 7 aromatic rings. The van der Waals surface area contributed by atoms with Gasteiger partial charge in [-0.3, -0.25) is 0 Å². The highest BCUT2D eigenvalue weighted by atomic mass is 32.1. The maximum Gasteiger partial charge on any atom is 0.0730 e. The van der Waals surface area contributed by atoms with E-state index in [0.29, 0.717) is 0 Å². The van der Waals surface area contributed by atoms with Crippen LogP contribution < -0.4 is 0 Å². The van der Waals surface area contributed by atoms with Gasteiger partial charge in [0.05, 0.1) is 22.8 Å². The molecular formula is C60H60N2S2. The van der Waals surface area contributed by atoms with Gasteiger partial charge >= 0.3 is 0 Å². The molecule has 0 N–H and O–H groups in total. The van der Waals surface area contributed by atoms with Crippen molar-refractivity contribution in [3.8, 4) is 44.5 Å². The van der Waals surface area contributed by atoms with E-state index in [0.717, 1.165) is 67.3 Å². The Morgan fingerprint density at radius 3 is 0.625 bits per heavy atom. The van der Waals surface area contributed by atoms with Crippen LogP contribution >= 0.6 is 22.7 Å². The highest BCUT2D eigenvalue weighted by Crippen LogP contribution is 2.44. The number of hydrogen-bond acceptors (Lipinski definition) is 4. The molecule has 0 saturated carbocycles. The Labute approximate surface area is 389 Å². The maximum absolute atomic E-state index is 5.61. The number of rotatable bonds is 4. The first-order chi connectivity index (χ1) is 30.2. The Bertz CT molecular complexity index is 2700. The molecule has 0 atom stereocenters. The molecule has 0 unspecified atom stereocenters. The Hall–Kier alpha value is -5.68. The van der Waals surface area contributed by atoms with Crippen LogP contribution in [0, 0.1) is 0 Å². The van der Waals surface area contributed by atoms with Crippen LogP contribution in [0.2, 0.25) is 0 Å². The number of fused-ring (bicyclic) bond motifs is 8. The van der Waals surface area contributed by atoms with Crippen LogP contribution in [-0.4, -0.2) is 9.97 Å². The second-order valence-electron chi connectivity index (χ2n) is 21.6. The molecule has 322 valence electrons. The summed E-state index contributed by atoms with van der Waals surface area (Å²) in [5, 5.41) is 0. The van der Waals surface area contributed by atoms with Gasteiger partial charge in [-0.2, -0.15) is 0 Å². The van der Waals surface area contributed by atoms with E-state index < -0.39 is 0 Å². The fourth-order valence-electron chi connectivity index (χ4n) is 8.71. The highest BCUT2D eigenvalue weighted by molar-refractivity contribution is 7.24. The first-order valence-electron chi connectivity index (χ1n) is 22.6. The summed E-state index contributed by atoms with van der Waals surface area (Å²) in [5.41, 5.74) is 18.5. The Kier molecular flexibility index (Phi) is 10.9. The van der Waals surface area contributed by atoms with Crippen LogP contribution in [0.25, 0.3) is 87.6 Å². The zero-order valence-electron chi connectivity index (χ0n) is 39.6. The molecule has 3 aromatic heterocycles. The number of benzene rings is 4. The van der Waals surface area contributed by atoms with Crippen molar-refractivity contribution in [1.29, 1.82) is 0 Å². The average Bonchev–Trinajstić information content (AvgIpc) is 4.08. The predicted molar refractivity (Wildman–Crippen MR) is 282 cm³/mol. The van der Waals surface area contributed by atoms with Crippen LogP contribution in [0.5, 0.6) is 0 Å². The van der Waals surface area contributed by atoms with Crippen molar-refractivity contribution in [1.82, 2.24) is 9.97 Å². The third-order valence-electron chi connectivity index (χ3n) is 12.7. The summed E-state index contributed by atoms with van der Waals surface area (Å²) in [6, 6.07) is 45.8. The summed E-state index contributed by atoms with van der Waals surface area (Å²) in [5.74, 6) is 0. The second-order valence-corrected chi connectivity index (χ2v) is 23.7. The average molecular weight is 873 g/mol. The van der Waals surface area contributed by atoms with E-state index in [4.69, 9.17) is 9.97 Å². The summed E-state index contributed by atoms with van der Waals surface area (Å²) in [6.07, 6.45) is 8.92. The minimum absolute atomic E-state index is 0.0441. The van der Waals surface area contributed by atoms with E-state index in [-0.39, 0.29) is 21.7 Å². The SMILES string of the molecule is CC(C)(C)c1ccc(-c2c3nc(c(-c4ccc(C(C)(C)C)cc4)c4ccc(s4)c(-c4ccc(C(C)(C)C)cc4)c4nc(c(-c5ccc(C(C)(C)C)cc5)c5ccc2s5)C=C4)C=C3)cc1. The van der Waals surface area contributed by atoms with Gasteiger partial charge in [-0.25, -0.2) is 9.97 Å². The van der Waals surface area contributed by atoms with E-state index in [1.807, 2.05) is 22.7 Å². The van der Waals surface area contributed by atoms with Gasteiger partial charge in [-0.15, -0.1) is 22.7 Å². The van der Waals surface area contributed by atoms with Gasteiger partial charge in [0.25, 0.3) is 0 Å². The Morgan fingerprint density at radius 1 is 0.266 bits per heavy atom. The number of hydrogen-bond donors (Lipinski definition) is 0. The lowest BCUT2D eigenvalue weighted by atomic mass is 9.86. The third kappa shape index (κ3) is 8.51. The van der Waals surface area contributed by atoms with E-state index in [9.17, 15) is 0 Å². The fourth-order valence-corrected chi connectivity index (χ4v) is 11.0. The van der Waals surface area contributed by atoms with Crippen LogP contribution in [0.3, 0.4) is 0 Å². The van der Waals surface area contributed by atoms with Crippen LogP contribution in [-0.2, 0) is 21.7 Å². The zero-order valence-corrected chi connectivity index (χ0v) is 41.2. The van der Waals surface area contributed by atoms with Gasteiger partial charge in [0.15, 0.2) is 0 Å². The zero-order chi connectivity index (χ0) is 45.3. The van der Waals surface area contributed by atoms with Gasteiger partial charge in [0.1, 0.15) is 0 Å². The lowest BCUT2D eigenvalue weighted by Gasteiger charge is -2.19. The van der Waals surface area contributed by atoms with Gasteiger partial charge in [-0.05, 0) is 115 Å². The van der Waals surface area contributed by atoms with Gasteiger partial charge in [0.2, 0.25) is 0 Å². The molecule has 4 aromatic carbocycles. The van der Waals surface area contributed by atoms with Gasteiger partial charge in [0, 0.05) is 41.1 Å². The minimum Gasteiger partial charge on any atom is -0.248 e. The molecular weight excluding hydrogens is 813 g/mol. The van der Waals surface area contributed by atoms with E-state index in [1.54, 1.807) is 0 Å². The number of aromatic nitrogens is 2. The van der Waals surface area contributed by atoms with Crippen LogP contribution in [0.4, 0.5) is 0 Å². The first kappa shape index (κ1) is 43.6. The molecule has 0 spiro atoms. The molecule has 2 aliphatic rings. The molecule has 0 saturated heterocycles. The maximum atomic E-state index is 5.61. The van der Waals surface area contributed by atoms with Crippen molar-refractivity contribution in [3.63, 3.8) is 0 Å². The lowest BCUT2D eigenvalue weighted by Crippen LogP contribution is -2.10. The topological polar surface area (TPSA) is 25.8 Å². The summed E-state index contributed by atoms with van der Waals surface area (Å²) < 4.78 is 4.69. The van der Waals surface area contributed by atoms with Gasteiger partial charge in [-0.1, -0.05) is 180 Å². The second kappa shape index (κ2) is 16.1. The molecule has 0 aliphatic carbocycles. The molecule has 0 amide bonds. The van der Waals surface area contributed by atoms with E-state index in [2.05, 4.69) is 229 Å². The monoisotopic (exact) mass is 872 g/mol. The van der Waals surface area contributed by atoms with Crippen molar-refractivity contribution in [2.75, 3.05) is 0 Å². The molecule has 0 fully saturated rings. The molecule has 8 bridgehead atoms. The highest BCUT2D eigenvalue weighted by Gasteiger charge is 2.22. The standard InChI is InChI=1S/C60H60N2S2/c1-57(2,3)41-21-13-37(14-22-41)53-45-29-30-46(61-45)54(38-15-23-42(24-16-38)58(4,5)6)51-35-36-52(64-51)56(40-19-27-44(28-20-40)60(10,11)12)48-32-31-47(62-48)55(50-34-33-49(53)63-50)39-17-25-43(26-18-39)59(7,8)9/h13-36H,1-12H3. The summed E-state index contributed by atoms with van der Waals surface area (Å²) in [6.45, 7) is 27.3. The summed E-state index contributed by atoms with van der Waals surface area (Å²) in [4.78, 5) is 11.2. The first-order valence-corrected chi connectivity index (χ1v) is 24.3. The molecule has 2 nitrogen and oxygen atoms in total. The van der Waals surface area contributed by atoms with Crippen LogP contribution in [0.15, 0.2) is 121 Å². The lowest BCUT2D eigenvalue weighted by molar-refractivity contribution is 0.590. The molecule has 9 rings (SSSR count). The Balaban J connectivity index is 1.42. The molecule has 2 aliphatic heterocycles. The van der Waals surface area contributed by atoms with Crippen molar-refractivity contribution in [2.45, 2.75) is 105 Å². The molecule has 0 radical (unpaired) electrons. The van der Waals surface area contributed by atoms with Crippen molar-refractivity contribution >= 4 is 65.8 Å². The predicted octanol–water partition coefficient (Wildman–Crippen LogP) is 18.0. The fraction of sp³-hybridized carbons (Fsp3) is 0.267.